The summed E-state index contributed by atoms with van der Waals surface area (Å²) in [5.41, 5.74) is 0.697. The zero-order valence-electron chi connectivity index (χ0n) is 14.4. The van der Waals surface area contributed by atoms with Crippen molar-refractivity contribution in [3.8, 4) is 11.5 Å². The fourth-order valence-electron chi connectivity index (χ4n) is 2.27. The van der Waals surface area contributed by atoms with Gasteiger partial charge in [0.15, 0.2) is 5.76 Å². The largest absolute Gasteiger partial charge is 0.497 e. The molecule has 1 N–H and O–H groups in total. The van der Waals surface area contributed by atoms with E-state index in [9.17, 15) is 14.0 Å². The Morgan fingerprint density at radius 3 is 2.63 bits per heavy atom. The lowest BCUT2D eigenvalue weighted by atomic mass is 10.2. The Bertz CT molecular complexity index is 998. The minimum Gasteiger partial charge on any atom is -0.497 e. The van der Waals surface area contributed by atoms with E-state index in [1.165, 1.54) is 24.3 Å². The van der Waals surface area contributed by atoms with Crippen LogP contribution < -0.4 is 20.2 Å². The van der Waals surface area contributed by atoms with Crippen LogP contribution in [0.5, 0.6) is 11.5 Å². The first-order chi connectivity index (χ1) is 13.0. The van der Waals surface area contributed by atoms with Crippen LogP contribution in [0.3, 0.4) is 0 Å². The molecule has 0 aliphatic heterocycles. The van der Waals surface area contributed by atoms with Crippen molar-refractivity contribution in [3.05, 3.63) is 88.2 Å². The molecule has 1 heterocycles. The maximum atomic E-state index is 12.9. The summed E-state index contributed by atoms with van der Waals surface area (Å²) >= 11 is 0. The van der Waals surface area contributed by atoms with Crippen LogP contribution in [0, 0.1) is 5.82 Å². The second-order valence-electron chi connectivity index (χ2n) is 5.57. The number of benzene rings is 2. The first kappa shape index (κ1) is 18.2. The van der Waals surface area contributed by atoms with Gasteiger partial charge in [0.25, 0.3) is 5.91 Å². The molecule has 0 saturated carbocycles. The van der Waals surface area contributed by atoms with Crippen LogP contribution in [0.1, 0.15) is 16.1 Å². The van der Waals surface area contributed by atoms with Gasteiger partial charge in [0.05, 0.1) is 7.11 Å². The summed E-state index contributed by atoms with van der Waals surface area (Å²) in [6.45, 7) is 0.142. The maximum Gasteiger partial charge on any atom is 0.291 e. The van der Waals surface area contributed by atoms with Gasteiger partial charge in [-0.1, -0.05) is 12.1 Å². The number of carbonyl (C=O) groups excluding carboxylic acids is 1. The number of ether oxygens (including phenoxy) is 2. The third kappa shape index (κ3) is 4.72. The summed E-state index contributed by atoms with van der Waals surface area (Å²) in [5.74, 6) is -0.569. The summed E-state index contributed by atoms with van der Waals surface area (Å²) in [7, 11) is 1.56. The zero-order valence-corrected chi connectivity index (χ0v) is 14.4. The Balaban J connectivity index is 1.66. The van der Waals surface area contributed by atoms with Crippen molar-refractivity contribution in [1.29, 1.82) is 0 Å². The van der Waals surface area contributed by atoms with Gasteiger partial charge in [0.1, 0.15) is 24.4 Å². The number of carbonyl (C=O) groups is 1. The standard InChI is InChI=1S/C20H16FNO5/c1-25-16-4-2-3-13(9-16)11-26-19-12-27-18(10-17(19)23)20(24)22-15-7-5-14(21)6-8-15/h2-10,12H,11H2,1H3,(H,22,24). The minimum atomic E-state index is -0.627. The Labute approximate surface area is 154 Å². The fraction of sp³-hybridized carbons (Fsp3) is 0.100. The smallest absolute Gasteiger partial charge is 0.291 e. The van der Waals surface area contributed by atoms with Gasteiger partial charge < -0.3 is 19.2 Å². The Kier molecular flexibility index (Phi) is 5.51. The molecular weight excluding hydrogens is 353 g/mol. The SMILES string of the molecule is COc1cccc(COc2coc(C(=O)Nc3ccc(F)cc3)cc2=O)c1. The van der Waals surface area contributed by atoms with Crippen LogP contribution in [0.15, 0.2) is 70.1 Å². The topological polar surface area (TPSA) is 77.8 Å². The number of nitrogens with one attached hydrogen (secondary N) is 1. The number of hydrogen-bond donors (Lipinski definition) is 1. The molecule has 0 aliphatic carbocycles. The molecule has 0 unspecified atom stereocenters. The molecule has 0 atom stereocenters. The van der Waals surface area contributed by atoms with Crippen LogP contribution in [0.4, 0.5) is 10.1 Å². The van der Waals surface area contributed by atoms with Gasteiger partial charge in [0, 0.05) is 11.8 Å². The van der Waals surface area contributed by atoms with Crippen molar-refractivity contribution in [1.82, 2.24) is 0 Å². The zero-order chi connectivity index (χ0) is 19.2. The minimum absolute atomic E-state index is 0.0175. The molecule has 3 rings (SSSR count). The number of halogens is 1. The molecule has 0 aliphatic rings. The van der Waals surface area contributed by atoms with E-state index in [4.69, 9.17) is 13.9 Å². The van der Waals surface area contributed by atoms with E-state index < -0.39 is 17.2 Å². The summed E-state index contributed by atoms with van der Waals surface area (Å²) in [5, 5.41) is 2.51. The molecular formula is C20H16FNO5. The van der Waals surface area contributed by atoms with Crippen LogP contribution in [-0.4, -0.2) is 13.0 Å². The molecule has 1 aromatic heterocycles. The van der Waals surface area contributed by atoms with Crippen molar-refractivity contribution in [2.45, 2.75) is 6.61 Å². The molecule has 138 valence electrons. The lowest BCUT2D eigenvalue weighted by Gasteiger charge is -2.08. The molecule has 0 spiro atoms. The third-order valence-electron chi connectivity index (χ3n) is 3.65. The van der Waals surface area contributed by atoms with Crippen LogP contribution in [0.25, 0.3) is 0 Å². The van der Waals surface area contributed by atoms with Crippen LogP contribution in [-0.2, 0) is 6.61 Å². The van der Waals surface area contributed by atoms with E-state index in [1.807, 2.05) is 12.1 Å². The first-order valence-electron chi connectivity index (χ1n) is 8.00. The van der Waals surface area contributed by atoms with Crippen molar-refractivity contribution in [2.24, 2.45) is 0 Å². The number of amides is 1. The predicted octanol–water partition coefficient (Wildman–Crippen LogP) is 3.62. The average Bonchev–Trinajstić information content (AvgIpc) is 2.69. The van der Waals surface area contributed by atoms with E-state index in [2.05, 4.69) is 5.32 Å². The van der Waals surface area contributed by atoms with E-state index in [1.54, 1.807) is 19.2 Å². The summed E-state index contributed by atoms with van der Waals surface area (Å²) in [4.78, 5) is 24.3. The summed E-state index contributed by atoms with van der Waals surface area (Å²) < 4.78 is 28.7. The Morgan fingerprint density at radius 2 is 1.93 bits per heavy atom. The molecule has 0 fully saturated rings. The maximum absolute atomic E-state index is 12.9. The van der Waals surface area contributed by atoms with Gasteiger partial charge in [-0.15, -0.1) is 0 Å². The van der Waals surface area contributed by atoms with Gasteiger partial charge in [-0.25, -0.2) is 4.39 Å². The highest BCUT2D eigenvalue weighted by atomic mass is 19.1. The van der Waals surface area contributed by atoms with Gasteiger partial charge in [-0.3, -0.25) is 9.59 Å². The van der Waals surface area contributed by atoms with Gasteiger partial charge in [-0.2, -0.15) is 0 Å². The molecule has 0 bridgehead atoms. The van der Waals surface area contributed by atoms with Gasteiger partial charge in [-0.05, 0) is 42.0 Å². The Morgan fingerprint density at radius 1 is 1.15 bits per heavy atom. The quantitative estimate of drug-likeness (QED) is 0.718. The molecule has 7 heteroatoms. The summed E-state index contributed by atoms with van der Waals surface area (Å²) in [6.07, 6.45) is 1.09. The fourth-order valence-corrected chi connectivity index (χ4v) is 2.27. The normalized spacial score (nSPS) is 10.3. The number of rotatable bonds is 6. The van der Waals surface area contributed by atoms with E-state index in [0.29, 0.717) is 11.4 Å². The lowest BCUT2D eigenvalue weighted by Crippen LogP contribution is -2.15. The first-order valence-corrected chi connectivity index (χ1v) is 8.00. The van der Waals surface area contributed by atoms with E-state index in [0.717, 1.165) is 17.9 Å². The molecule has 0 saturated heterocycles. The molecule has 3 aromatic rings. The molecule has 27 heavy (non-hydrogen) atoms. The number of anilines is 1. The monoisotopic (exact) mass is 369 g/mol. The second kappa shape index (κ2) is 8.18. The highest BCUT2D eigenvalue weighted by Gasteiger charge is 2.13. The summed E-state index contributed by atoms with van der Waals surface area (Å²) in [6, 6.07) is 13.5. The van der Waals surface area contributed by atoms with Gasteiger partial charge in [0.2, 0.25) is 11.2 Å². The highest BCUT2D eigenvalue weighted by molar-refractivity contribution is 6.02. The second-order valence-corrected chi connectivity index (χ2v) is 5.57. The van der Waals surface area contributed by atoms with Crippen molar-refractivity contribution >= 4 is 11.6 Å². The van der Waals surface area contributed by atoms with Crippen LogP contribution in [0.2, 0.25) is 0 Å². The highest BCUT2D eigenvalue weighted by Crippen LogP contribution is 2.15. The molecule has 2 aromatic carbocycles. The molecule has 1 amide bonds. The average molecular weight is 369 g/mol. The van der Waals surface area contributed by atoms with Crippen molar-refractivity contribution in [2.75, 3.05) is 12.4 Å². The lowest BCUT2D eigenvalue weighted by molar-refractivity contribution is 0.0993. The van der Waals surface area contributed by atoms with Crippen molar-refractivity contribution < 1.29 is 23.1 Å². The number of methoxy groups -OCH3 is 1. The number of hydrogen-bond acceptors (Lipinski definition) is 5. The van der Waals surface area contributed by atoms with E-state index in [-0.39, 0.29) is 18.1 Å². The third-order valence-corrected chi connectivity index (χ3v) is 3.65. The Hall–Kier alpha value is -3.61. The molecule has 0 radical (unpaired) electrons. The molecule has 6 nitrogen and oxygen atoms in total. The van der Waals surface area contributed by atoms with Crippen molar-refractivity contribution in [3.63, 3.8) is 0 Å². The predicted molar refractivity (Wildman–Crippen MR) is 96.7 cm³/mol. The van der Waals surface area contributed by atoms with E-state index >= 15 is 0 Å². The van der Waals surface area contributed by atoms with Crippen LogP contribution >= 0.6 is 0 Å². The van der Waals surface area contributed by atoms with Gasteiger partial charge >= 0.3 is 0 Å².